The highest BCUT2D eigenvalue weighted by atomic mass is 79.9. The molecule has 0 bridgehead atoms. The Hall–Kier alpha value is -1.85. The Labute approximate surface area is 180 Å². The fourth-order valence-electron chi connectivity index (χ4n) is 4.59. The highest BCUT2D eigenvalue weighted by Gasteiger charge is 2.42. The summed E-state index contributed by atoms with van der Waals surface area (Å²) in [5.41, 5.74) is 3.98. The minimum atomic E-state index is -0.219. The molecule has 3 aromatic rings. The highest BCUT2D eigenvalue weighted by molar-refractivity contribution is 9.13. The molecule has 0 saturated carbocycles. The topological polar surface area (TPSA) is 42.2 Å². The smallest absolute Gasteiger partial charge is 0.183 e. The van der Waals surface area contributed by atoms with E-state index in [2.05, 4.69) is 75.3 Å². The molecule has 1 aliphatic heterocycles. The molecule has 0 fully saturated rings. The molecule has 2 aliphatic rings. The number of Topliss-reactive ketones (excluding diaryl/α,β-unsaturated/α-hetero) is 1. The van der Waals surface area contributed by atoms with Gasteiger partial charge in [-0.3, -0.25) is 4.79 Å². The average molecular weight is 501 g/mol. The molecule has 0 spiro atoms. The third-order valence-corrected chi connectivity index (χ3v) is 7.41. The molecule has 1 N–H and O–H groups in total. The van der Waals surface area contributed by atoms with Crippen LogP contribution in [0.25, 0.3) is 10.8 Å². The first-order valence-corrected chi connectivity index (χ1v) is 10.9. The van der Waals surface area contributed by atoms with Gasteiger partial charge < -0.3 is 9.73 Å². The summed E-state index contributed by atoms with van der Waals surface area (Å²) in [6.07, 6.45) is 1.40. The lowest BCUT2D eigenvalue weighted by Crippen LogP contribution is -2.33. The van der Waals surface area contributed by atoms with Gasteiger partial charge in [0.25, 0.3) is 0 Å². The number of hydrogen-bond acceptors (Lipinski definition) is 3. The van der Waals surface area contributed by atoms with Gasteiger partial charge in [0.15, 0.2) is 10.5 Å². The molecule has 5 heteroatoms. The van der Waals surface area contributed by atoms with E-state index in [-0.39, 0.29) is 17.1 Å². The molecule has 1 aliphatic carbocycles. The lowest BCUT2D eigenvalue weighted by Gasteiger charge is -2.39. The third-order valence-electron chi connectivity index (χ3n) is 5.70. The largest absolute Gasteiger partial charge is 0.452 e. The van der Waals surface area contributed by atoms with Crippen LogP contribution < -0.4 is 5.32 Å². The van der Waals surface area contributed by atoms with E-state index in [1.165, 1.54) is 0 Å². The molecule has 28 heavy (non-hydrogen) atoms. The second kappa shape index (κ2) is 6.33. The Morgan fingerprint density at radius 1 is 1.11 bits per heavy atom. The highest BCUT2D eigenvalue weighted by Crippen LogP contribution is 2.51. The molecule has 0 saturated heterocycles. The number of fused-ring (bicyclic) bond motifs is 3. The predicted molar refractivity (Wildman–Crippen MR) is 119 cm³/mol. The monoisotopic (exact) mass is 499 g/mol. The molecule has 2 heterocycles. The number of halogens is 2. The van der Waals surface area contributed by atoms with Crippen LogP contribution in [0.1, 0.15) is 43.9 Å². The van der Waals surface area contributed by atoms with Crippen LogP contribution in [0.15, 0.2) is 67.3 Å². The van der Waals surface area contributed by atoms with Gasteiger partial charge >= 0.3 is 0 Å². The lowest BCUT2D eigenvalue weighted by molar-refractivity contribution is -0.118. The first-order chi connectivity index (χ1) is 13.3. The first-order valence-electron chi connectivity index (χ1n) is 9.34. The number of nitrogens with one attached hydrogen (secondary N) is 1. The standard InChI is InChI=1S/C23H19Br2NO2/c1-23(2)10-16-20(17(27)11-23)21(18-9-14(24)22(25)28-18)19-13-6-4-3-5-12(13)7-8-15(19)26-16/h3-9,21,26H,10-11H2,1-2H3. The number of anilines is 1. The van der Waals surface area contributed by atoms with Crippen molar-refractivity contribution >= 4 is 54.1 Å². The van der Waals surface area contributed by atoms with E-state index >= 15 is 0 Å². The molecular formula is C23H19Br2NO2. The van der Waals surface area contributed by atoms with Gasteiger partial charge in [-0.05, 0) is 72.2 Å². The van der Waals surface area contributed by atoms with Crippen LogP contribution in [0.3, 0.4) is 0 Å². The maximum Gasteiger partial charge on any atom is 0.183 e. The van der Waals surface area contributed by atoms with Crippen molar-refractivity contribution in [2.24, 2.45) is 5.41 Å². The quantitative estimate of drug-likeness (QED) is 0.385. The van der Waals surface area contributed by atoms with Crippen LogP contribution in [0.4, 0.5) is 5.69 Å². The second-order valence-corrected chi connectivity index (χ2v) is 9.98. The zero-order valence-electron chi connectivity index (χ0n) is 15.6. The summed E-state index contributed by atoms with van der Waals surface area (Å²) in [6.45, 7) is 4.31. The van der Waals surface area contributed by atoms with Crippen LogP contribution in [-0.2, 0) is 4.79 Å². The van der Waals surface area contributed by atoms with Crippen LogP contribution in [0.2, 0.25) is 0 Å². The van der Waals surface area contributed by atoms with E-state index in [1.807, 2.05) is 18.2 Å². The van der Waals surface area contributed by atoms with Crippen LogP contribution in [0, 0.1) is 5.41 Å². The molecule has 5 rings (SSSR count). The SMILES string of the molecule is CC1(C)CC(=O)C2=C(C1)Nc1ccc3ccccc3c1C2c1cc(Br)c(Br)o1. The minimum absolute atomic E-state index is 0.0495. The molecular weight excluding hydrogens is 482 g/mol. The summed E-state index contributed by atoms with van der Waals surface area (Å²) in [7, 11) is 0. The Morgan fingerprint density at radius 3 is 2.64 bits per heavy atom. The number of furan rings is 1. The van der Waals surface area contributed by atoms with Crippen molar-refractivity contribution < 1.29 is 9.21 Å². The number of benzene rings is 2. The van der Waals surface area contributed by atoms with Crippen molar-refractivity contribution in [2.45, 2.75) is 32.6 Å². The summed E-state index contributed by atoms with van der Waals surface area (Å²) in [5, 5.41) is 5.89. The van der Waals surface area contributed by atoms with Crippen molar-refractivity contribution in [1.82, 2.24) is 0 Å². The zero-order valence-corrected chi connectivity index (χ0v) is 18.8. The number of carbonyl (C=O) groups excluding carboxylic acids is 1. The summed E-state index contributed by atoms with van der Waals surface area (Å²) in [4.78, 5) is 13.3. The maximum atomic E-state index is 13.3. The van der Waals surface area contributed by atoms with Gasteiger partial charge in [0, 0.05) is 23.4 Å². The van der Waals surface area contributed by atoms with E-state index in [4.69, 9.17) is 4.42 Å². The van der Waals surface area contributed by atoms with E-state index in [0.717, 1.165) is 49.9 Å². The lowest BCUT2D eigenvalue weighted by atomic mass is 9.69. The summed E-state index contributed by atoms with van der Waals surface area (Å²) in [5.74, 6) is 0.757. The van der Waals surface area contributed by atoms with Crippen molar-refractivity contribution in [3.63, 3.8) is 0 Å². The maximum absolute atomic E-state index is 13.3. The Kier molecular flexibility index (Phi) is 4.11. The molecule has 3 nitrogen and oxygen atoms in total. The van der Waals surface area contributed by atoms with E-state index in [9.17, 15) is 4.79 Å². The van der Waals surface area contributed by atoms with Crippen molar-refractivity contribution in [1.29, 1.82) is 0 Å². The Balaban J connectivity index is 1.82. The average Bonchev–Trinajstić information content (AvgIpc) is 2.97. The minimum Gasteiger partial charge on any atom is -0.452 e. The first kappa shape index (κ1) is 18.2. The predicted octanol–water partition coefficient (Wildman–Crippen LogP) is 7.16. The Bertz CT molecular complexity index is 1150. The zero-order chi connectivity index (χ0) is 19.6. The summed E-state index contributed by atoms with van der Waals surface area (Å²) < 4.78 is 7.57. The fourth-order valence-corrected chi connectivity index (χ4v) is 5.20. The normalized spacial score (nSPS) is 20.7. The molecule has 1 atom stereocenters. The number of allylic oxidation sites excluding steroid dienone is 2. The molecule has 1 unspecified atom stereocenters. The van der Waals surface area contributed by atoms with Gasteiger partial charge in [-0.25, -0.2) is 0 Å². The molecule has 142 valence electrons. The van der Waals surface area contributed by atoms with Gasteiger partial charge in [0.05, 0.1) is 10.4 Å². The van der Waals surface area contributed by atoms with Gasteiger partial charge in [-0.15, -0.1) is 0 Å². The molecule has 1 aromatic heterocycles. The van der Waals surface area contributed by atoms with Crippen LogP contribution >= 0.6 is 31.9 Å². The van der Waals surface area contributed by atoms with Gasteiger partial charge in [0.2, 0.25) is 0 Å². The number of carbonyl (C=O) groups is 1. The molecule has 0 amide bonds. The van der Waals surface area contributed by atoms with Gasteiger partial charge in [-0.1, -0.05) is 44.2 Å². The number of ketones is 1. The van der Waals surface area contributed by atoms with E-state index in [0.29, 0.717) is 11.1 Å². The van der Waals surface area contributed by atoms with Crippen LogP contribution in [0.5, 0.6) is 0 Å². The van der Waals surface area contributed by atoms with Gasteiger partial charge in [0.1, 0.15) is 5.76 Å². The van der Waals surface area contributed by atoms with Crippen LogP contribution in [-0.4, -0.2) is 5.78 Å². The Morgan fingerprint density at radius 2 is 1.89 bits per heavy atom. The van der Waals surface area contributed by atoms with Crippen molar-refractivity contribution in [3.8, 4) is 0 Å². The third kappa shape index (κ3) is 2.79. The molecule has 2 aromatic carbocycles. The molecule has 0 radical (unpaired) electrons. The summed E-state index contributed by atoms with van der Waals surface area (Å²) >= 11 is 7.00. The summed E-state index contributed by atoms with van der Waals surface area (Å²) in [6, 6.07) is 14.5. The van der Waals surface area contributed by atoms with E-state index < -0.39 is 0 Å². The van der Waals surface area contributed by atoms with E-state index in [1.54, 1.807) is 0 Å². The number of hydrogen-bond donors (Lipinski definition) is 1. The number of rotatable bonds is 1. The van der Waals surface area contributed by atoms with Gasteiger partial charge in [-0.2, -0.15) is 0 Å². The second-order valence-electron chi connectivity index (χ2n) is 8.41. The van der Waals surface area contributed by atoms with Crippen molar-refractivity contribution in [2.75, 3.05) is 5.32 Å². The van der Waals surface area contributed by atoms with Crippen molar-refractivity contribution in [3.05, 3.63) is 74.2 Å². The fraction of sp³-hybridized carbons (Fsp3) is 0.261.